The number of benzene rings is 2. The summed E-state index contributed by atoms with van der Waals surface area (Å²) in [7, 11) is 1.70. The molecule has 2 heterocycles. The van der Waals surface area contributed by atoms with Gasteiger partial charge in [-0.1, -0.05) is 24.3 Å². The molecule has 1 fully saturated rings. The van der Waals surface area contributed by atoms with Gasteiger partial charge < -0.3 is 14.5 Å². The Labute approximate surface area is 147 Å². The van der Waals surface area contributed by atoms with Gasteiger partial charge >= 0.3 is 0 Å². The van der Waals surface area contributed by atoms with Gasteiger partial charge in [-0.15, -0.1) is 0 Å². The molecule has 130 valence electrons. The number of oxazole rings is 1. The maximum absolute atomic E-state index is 5.79. The van der Waals surface area contributed by atoms with Crippen molar-refractivity contribution in [1.82, 2.24) is 9.88 Å². The molecule has 5 heteroatoms. The molecule has 0 amide bonds. The molecule has 1 saturated heterocycles. The maximum Gasteiger partial charge on any atom is 0.295 e. The molecule has 1 unspecified atom stereocenters. The Balaban J connectivity index is 1.52. The second kappa shape index (κ2) is 7.15. The molecular weight excluding hydrogens is 314 g/mol. The minimum atomic E-state index is 0.295. The summed E-state index contributed by atoms with van der Waals surface area (Å²) >= 11 is 0. The van der Waals surface area contributed by atoms with Crippen LogP contribution in [-0.2, 0) is 0 Å². The fraction of sp³-hybridized carbons (Fsp3) is 0.350. The fourth-order valence-corrected chi connectivity index (χ4v) is 3.47. The van der Waals surface area contributed by atoms with Crippen molar-refractivity contribution in [3.63, 3.8) is 0 Å². The molecule has 4 rings (SSSR count). The Morgan fingerprint density at radius 2 is 1.88 bits per heavy atom. The fourth-order valence-electron chi connectivity index (χ4n) is 3.47. The van der Waals surface area contributed by atoms with Crippen molar-refractivity contribution in [2.45, 2.75) is 18.9 Å². The number of nitrogens with zero attached hydrogens (tertiary/aromatic N) is 2. The molecule has 0 saturated carbocycles. The maximum atomic E-state index is 5.79. The van der Waals surface area contributed by atoms with Crippen LogP contribution in [0.5, 0.6) is 5.75 Å². The normalized spacial score (nSPS) is 16.2. The van der Waals surface area contributed by atoms with Crippen molar-refractivity contribution in [3.05, 3.63) is 54.1 Å². The quantitative estimate of drug-likeness (QED) is 0.734. The van der Waals surface area contributed by atoms with Gasteiger partial charge in [0.2, 0.25) is 0 Å². The van der Waals surface area contributed by atoms with Gasteiger partial charge in [-0.25, -0.2) is 0 Å². The number of aromatic nitrogens is 1. The van der Waals surface area contributed by atoms with E-state index in [1.807, 2.05) is 36.4 Å². The number of ether oxygens (including phenoxy) is 1. The van der Waals surface area contributed by atoms with E-state index in [9.17, 15) is 0 Å². The van der Waals surface area contributed by atoms with E-state index in [0.717, 1.165) is 36.5 Å². The van der Waals surface area contributed by atoms with E-state index in [2.05, 4.69) is 27.3 Å². The zero-order valence-corrected chi connectivity index (χ0v) is 14.4. The SMILES string of the molecule is COc1ccc(C(CNc2nc3ccccc3o2)N2CCCC2)cc1. The molecule has 2 aromatic carbocycles. The van der Waals surface area contributed by atoms with E-state index in [-0.39, 0.29) is 0 Å². The predicted octanol–water partition coefficient (Wildman–Crippen LogP) is 4.09. The molecule has 0 radical (unpaired) electrons. The van der Waals surface area contributed by atoms with E-state index in [1.165, 1.54) is 18.4 Å². The second-order valence-electron chi connectivity index (χ2n) is 6.40. The average Bonchev–Trinajstić information content (AvgIpc) is 3.32. The van der Waals surface area contributed by atoms with Crippen LogP contribution in [0.15, 0.2) is 52.9 Å². The van der Waals surface area contributed by atoms with E-state index in [4.69, 9.17) is 9.15 Å². The number of hydrogen-bond donors (Lipinski definition) is 1. The molecule has 25 heavy (non-hydrogen) atoms. The van der Waals surface area contributed by atoms with E-state index < -0.39 is 0 Å². The van der Waals surface area contributed by atoms with Gasteiger partial charge in [0.1, 0.15) is 11.3 Å². The Morgan fingerprint density at radius 1 is 1.12 bits per heavy atom. The smallest absolute Gasteiger partial charge is 0.295 e. The lowest BCUT2D eigenvalue weighted by molar-refractivity contribution is 0.255. The summed E-state index contributed by atoms with van der Waals surface area (Å²) < 4.78 is 11.1. The van der Waals surface area contributed by atoms with Crippen LogP contribution in [0.2, 0.25) is 0 Å². The third-order valence-electron chi connectivity index (χ3n) is 4.82. The Hall–Kier alpha value is -2.53. The molecular formula is C20H23N3O2. The van der Waals surface area contributed by atoms with Gasteiger partial charge in [-0.2, -0.15) is 4.98 Å². The Kier molecular flexibility index (Phi) is 4.57. The van der Waals surface area contributed by atoms with Crippen LogP contribution in [0.3, 0.4) is 0 Å². The first kappa shape index (κ1) is 16.0. The number of hydrogen-bond acceptors (Lipinski definition) is 5. The highest BCUT2D eigenvalue weighted by Crippen LogP contribution is 2.27. The highest BCUT2D eigenvalue weighted by atomic mass is 16.5. The molecule has 1 aromatic heterocycles. The molecule has 0 aliphatic carbocycles. The zero-order valence-electron chi connectivity index (χ0n) is 14.4. The van der Waals surface area contributed by atoms with Crippen LogP contribution in [0, 0.1) is 0 Å². The Morgan fingerprint density at radius 3 is 2.60 bits per heavy atom. The van der Waals surface area contributed by atoms with Crippen molar-refractivity contribution in [3.8, 4) is 5.75 Å². The van der Waals surface area contributed by atoms with E-state index in [0.29, 0.717) is 12.1 Å². The first-order valence-electron chi connectivity index (χ1n) is 8.81. The minimum absolute atomic E-state index is 0.295. The van der Waals surface area contributed by atoms with Crippen molar-refractivity contribution >= 4 is 17.1 Å². The van der Waals surface area contributed by atoms with E-state index >= 15 is 0 Å². The van der Waals surface area contributed by atoms with Crippen molar-refractivity contribution in [2.24, 2.45) is 0 Å². The van der Waals surface area contributed by atoms with Crippen LogP contribution < -0.4 is 10.1 Å². The third kappa shape index (κ3) is 3.46. The molecule has 0 spiro atoms. The second-order valence-corrected chi connectivity index (χ2v) is 6.40. The van der Waals surface area contributed by atoms with Gasteiger partial charge in [0.05, 0.1) is 13.2 Å². The lowest BCUT2D eigenvalue weighted by atomic mass is 10.1. The van der Waals surface area contributed by atoms with E-state index in [1.54, 1.807) is 7.11 Å². The van der Waals surface area contributed by atoms with Crippen LogP contribution in [-0.4, -0.2) is 36.6 Å². The van der Waals surface area contributed by atoms with Crippen molar-refractivity contribution < 1.29 is 9.15 Å². The Bertz CT molecular complexity index is 789. The summed E-state index contributed by atoms with van der Waals surface area (Å²) in [5, 5.41) is 3.39. The zero-order chi connectivity index (χ0) is 17.1. The highest BCUT2D eigenvalue weighted by molar-refractivity contribution is 5.74. The van der Waals surface area contributed by atoms with Gasteiger partial charge in [0.15, 0.2) is 5.58 Å². The number of para-hydroxylation sites is 2. The lowest BCUT2D eigenvalue weighted by Crippen LogP contribution is -2.31. The number of rotatable bonds is 6. The van der Waals surface area contributed by atoms with Crippen molar-refractivity contribution in [1.29, 1.82) is 0 Å². The first-order valence-corrected chi connectivity index (χ1v) is 8.81. The summed E-state index contributed by atoms with van der Waals surface area (Å²) in [6, 6.07) is 17.1. The summed E-state index contributed by atoms with van der Waals surface area (Å²) in [5.74, 6) is 0.885. The van der Waals surface area contributed by atoms with Gasteiger partial charge in [0.25, 0.3) is 6.01 Å². The topological polar surface area (TPSA) is 50.5 Å². The number of likely N-dealkylation sites (tertiary alicyclic amines) is 1. The molecule has 3 aromatic rings. The van der Waals surface area contributed by atoms with Crippen LogP contribution in [0.25, 0.3) is 11.1 Å². The first-order chi connectivity index (χ1) is 12.3. The third-order valence-corrected chi connectivity index (χ3v) is 4.82. The number of nitrogens with one attached hydrogen (secondary N) is 1. The summed E-state index contributed by atoms with van der Waals surface area (Å²) in [6.07, 6.45) is 2.52. The van der Waals surface area contributed by atoms with Crippen LogP contribution in [0.1, 0.15) is 24.4 Å². The van der Waals surface area contributed by atoms with Crippen LogP contribution in [0.4, 0.5) is 6.01 Å². The summed E-state index contributed by atoms with van der Waals surface area (Å²) in [4.78, 5) is 7.04. The monoisotopic (exact) mass is 337 g/mol. The highest BCUT2D eigenvalue weighted by Gasteiger charge is 2.24. The largest absolute Gasteiger partial charge is 0.497 e. The van der Waals surface area contributed by atoms with Gasteiger partial charge in [-0.05, 0) is 55.8 Å². The molecule has 0 bridgehead atoms. The standard InChI is InChI=1S/C20H23N3O2/c1-24-16-10-8-15(9-11-16)18(23-12-4-5-13-23)14-21-20-22-17-6-2-3-7-19(17)25-20/h2-3,6-11,18H,4-5,12-14H2,1H3,(H,21,22). The summed E-state index contributed by atoms with van der Waals surface area (Å²) in [6.45, 7) is 3.02. The molecule has 1 N–H and O–H groups in total. The number of methoxy groups -OCH3 is 1. The number of anilines is 1. The number of fused-ring (bicyclic) bond motifs is 1. The predicted molar refractivity (Wildman–Crippen MR) is 99.0 cm³/mol. The molecule has 1 aliphatic rings. The van der Waals surface area contributed by atoms with Gasteiger partial charge in [-0.3, -0.25) is 4.90 Å². The van der Waals surface area contributed by atoms with Crippen LogP contribution >= 0.6 is 0 Å². The molecule has 1 aliphatic heterocycles. The van der Waals surface area contributed by atoms with Gasteiger partial charge in [0, 0.05) is 6.54 Å². The molecule has 5 nitrogen and oxygen atoms in total. The van der Waals surface area contributed by atoms with Crippen molar-refractivity contribution in [2.75, 3.05) is 32.1 Å². The summed E-state index contributed by atoms with van der Waals surface area (Å²) in [5.41, 5.74) is 2.98. The molecule has 1 atom stereocenters. The lowest BCUT2D eigenvalue weighted by Gasteiger charge is -2.28. The average molecular weight is 337 g/mol. The minimum Gasteiger partial charge on any atom is -0.497 e.